The van der Waals surface area contributed by atoms with Crippen molar-refractivity contribution < 1.29 is 14.7 Å². The minimum absolute atomic E-state index is 0.0565. The molecule has 0 aliphatic carbocycles. The molecule has 23 heavy (non-hydrogen) atoms. The molecule has 5 nitrogen and oxygen atoms in total. The van der Waals surface area contributed by atoms with Gasteiger partial charge < -0.3 is 14.9 Å². The summed E-state index contributed by atoms with van der Waals surface area (Å²) in [6.07, 6.45) is 1.36. The van der Waals surface area contributed by atoms with Gasteiger partial charge in [-0.25, -0.2) is 0 Å². The molecule has 1 aliphatic rings. The number of benzene rings is 1. The van der Waals surface area contributed by atoms with Crippen LogP contribution >= 0.6 is 11.8 Å². The quantitative estimate of drug-likeness (QED) is 0.850. The zero-order valence-electron chi connectivity index (χ0n) is 13.7. The second-order valence-electron chi connectivity index (χ2n) is 5.86. The Morgan fingerprint density at radius 3 is 2.83 bits per heavy atom. The van der Waals surface area contributed by atoms with Crippen molar-refractivity contribution in [3.63, 3.8) is 0 Å². The summed E-state index contributed by atoms with van der Waals surface area (Å²) in [5.41, 5.74) is 2.26. The van der Waals surface area contributed by atoms with Gasteiger partial charge in [-0.05, 0) is 30.9 Å². The molecule has 0 saturated carbocycles. The van der Waals surface area contributed by atoms with Crippen molar-refractivity contribution in [3.05, 3.63) is 35.4 Å². The zero-order chi connectivity index (χ0) is 16.8. The number of thioether (sulfide) groups is 1. The first kappa shape index (κ1) is 17.8. The molecule has 0 aromatic heterocycles. The second kappa shape index (κ2) is 8.36. The highest BCUT2D eigenvalue weighted by molar-refractivity contribution is 7.98. The summed E-state index contributed by atoms with van der Waals surface area (Å²) in [5, 5.41) is 9.89. The SMILES string of the molecule is CSCC[C@@H](O)C(=O)N1CCN(Cc2cccc(C)c2)C(=O)C1. The summed E-state index contributed by atoms with van der Waals surface area (Å²) in [6, 6.07) is 8.08. The highest BCUT2D eigenvalue weighted by atomic mass is 32.2. The van der Waals surface area contributed by atoms with Gasteiger partial charge in [0.15, 0.2) is 0 Å². The predicted molar refractivity (Wildman–Crippen MR) is 92.2 cm³/mol. The Morgan fingerprint density at radius 2 is 2.17 bits per heavy atom. The molecule has 0 bridgehead atoms. The van der Waals surface area contributed by atoms with Crippen LogP contribution in [0, 0.1) is 6.92 Å². The number of aliphatic hydroxyl groups excluding tert-OH is 1. The highest BCUT2D eigenvalue weighted by Gasteiger charge is 2.30. The monoisotopic (exact) mass is 336 g/mol. The topological polar surface area (TPSA) is 60.9 Å². The molecule has 1 saturated heterocycles. The van der Waals surface area contributed by atoms with E-state index in [-0.39, 0.29) is 18.4 Å². The van der Waals surface area contributed by atoms with E-state index >= 15 is 0 Å². The van der Waals surface area contributed by atoms with Crippen LogP contribution in [-0.2, 0) is 16.1 Å². The smallest absolute Gasteiger partial charge is 0.251 e. The molecule has 1 N–H and O–H groups in total. The molecule has 0 radical (unpaired) electrons. The maximum absolute atomic E-state index is 12.3. The minimum atomic E-state index is -1.00. The lowest BCUT2D eigenvalue weighted by molar-refractivity contribution is -0.150. The van der Waals surface area contributed by atoms with Gasteiger partial charge in [-0.3, -0.25) is 9.59 Å². The maximum Gasteiger partial charge on any atom is 0.251 e. The van der Waals surface area contributed by atoms with Crippen molar-refractivity contribution >= 4 is 23.6 Å². The molecule has 0 unspecified atom stereocenters. The standard InChI is InChI=1S/C17H24N2O3S/c1-13-4-3-5-14(10-13)11-18-7-8-19(12-16(18)21)17(22)15(20)6-9-23-2/h3-5,10,15,20H,6-9,11-12H2,1-2H3/t15-/m1/s1. The lowest BCUT2D eigenvalue weighted by atomic mass is 10.1. The number of amides is 2. The Kier molecular flexibility index (Phi) is 6.47. The normalized spacial score (nSPS) is 16.6. The molecular formula is C17H24N2O3S. The number of hydrogen-bond donors (Lipinski definition) is 1. The van der Waals surface area contributed by atoms with Crippen LogP contribution in [0.1, 0.15) is 17.5 Å². The fraction of sp³-hybridized carbons (Fsp3) is 0.529. The van der Waals surface area contributed by atoms with Gasteiger partial charge >= 0.3 is 0 Å². The number of aliphatic hydroxyl groups is 1. The Labute approximate surface area is 141 Å². The Balaban J connectivity index is 1.89. The van der Waals surface area contributed by atoms with Crippen molar-refractivity contribution in [2.75, 3.05) is 31.6 Å². The van der Waals surface area contributed by atoms with Crippen LogP contribution in [0.2, 0.25) is 0 Å². The van der Waals surface area contributed by atoms with Crippen LogP contribution in [0.4, 0.5) is 0 Å². The summed E-state index contributed by atoms with van der Waals surface area (Å²) < 4.78 is 0. The highest BCUT2D eigenvalue weighted by Crippen LogP contribution is 2.13. The van der Waals surface area contributed by atoms with E-state index in [9.17, 15) is 14.7 Å². The van der Waals surface area contributed by atoms with Crippen LogP contribution in [0.15, 0.2) is 24.3 Å². The molecule has 2 amide bonds. The van der Waals surface area contributed by atoms with Gasteiger partial charge in [-0.2, -0.15) is 11.8 Å². The van der Waals surface area contributed by atoms with Crippen LogP contribution in [0.5, 0.6) is 0 Å². The first-order valence-electron chi connectivity index (χ1n) is 7.80. The van der Waals surface area contributed by atoms with Crippen LogP contribution in [0.3, 0.4) is 0 Å². The van der Waals surface area contributed by atoms with Crippen molar-refractivity contribution in [2.24, 2.45) is 0 Å². The molecule has 1 atom stereocenters. The third kappa shape index (κ3) is 4.97. The Bertz CT molecular complexity index is 565. The number of rotatable bonds is 6. The molecule has 6 heteroatoms. The molecule has 1 heterocycles. The third-order valence-electron chi connectivity index (χ3n) is 3.97. The van der Waals surface area contributed by atoms with E-state index in [2.05, 4.69) is 6.07 Å². The first-order chi connectivity index (χ1) is 11.0. The second-order valence-corrected chi connectivity index (χ2v) is 6.85. The maximum atomic E-state index is 12.3. The fourth-order valence-electron chi connectivity index (χ4n) is 2.66. The average Bonchev–Trinajstić information content (AvgIpc) is 2.54. The predicted octanol–water partition coefficient (Wildman–Crippen LogP) is 1.28. The molecule has 1 aliphatic heterocycles. The summed E-state index contributed by atoms with van der Waals surface area (Å²) >= 11 is 1.59. The summed E-state index contributed by atoms with van der Waals surface area (Å²) in [4.78, 5) is 27.7. The lowest BCUT2D eigenvalue weighted by Gasteiger charge is -2.35. The van der Waals surface area contributed by atoms with Gasteiger partial charge in [0, 0.05) is 19.6 Å². The Hall–Kier alpha value is -1.53. The van der Waals surface area contributed by atoms with Gasteiger partial charge in [-0.1, -0.05) is 29.8 Å². The molecule has 1 fully saturated rings. The van der Waals surface area contributed by atoms with Gasteiger partial charge in [0.05, 0.1) is 6.54 Å². The molecule has 1 aromatic rings. The molecule has 126 valence electrons. The van der Waals surface area contributed by atoms with E-state index in [1.807, 2.05) is 31.4 Å². The zero-order valence-corrected chi connectivity index (χ0v) is 14.5. The van der Waals surface area contributed by atoms with E-state index in [0.717, 1.165) is 11.3 Å². The Morgan fingerprint density at radius 1 is 1.39 bits per heavy atom. The van der Waals surface area contributed by atoms with E-state index in [1.165, 1.54) is 10.5 Å². The number of hydrogen-bond acceptors (Lipinski definition) is 4. The molecule has 0 spiro atoms. The summed E-state index contributed by atoms with van der Waals surface area (Å²) in [6.45, 7) is 3.64. The largest absolute Gasteiger partial charge is 0.383 e. The van der Waals surface area contributed by atoms with Crippen molar-refractivity contribution in [1.29, 1.82) is 0 Å². The minimum Gasteiger partial charge on any atom is -0.383 e. The molecular weight excluding hydrogens is 312 g/mol. The number of piperazine rings is 1. The van der Waals surface area contributed by atoms with E-state index in [0.29, 0.717) is 26.1 Å². The van der Waals surface area contributed by atoms with Crippen molar-refractivity contribution in [1.82, 2.24) is 9.80 Å². The van der Waals surface area contributed by atoms with Crippen molar-refractivity contribution in [3.8, 4) is 0 Å². The third-order valence-corrected chi connectivity index (χ3v) is 4.61. The fourth-order valence-corrected chi connectivity index (χ4v) is 3.12. The van der Waals surface area contributed by atoms with Gasteiger partial charge in [-0.15, -0.1) is 0 Å². The lowest BCUT2D eigenvalue weighted by Crippen LogP contribution is -2.54. The average molecular weight is 336 g/mol. The van der Waals surface area contributed by atoms with Crippen LogP contribution in [0.25, 0.3) is 0 Å². The summed E-state index contributed by atoms with van der Waals surface area (Å²) in [5.74, 6) is 0.333. The number of carbonyl (C=O) groups is 2. The van der Waals surface area contributed by atoms with Crippen LogP contribution in [-0.4, -0.2) is 64.5 Å². The number of nitrogens with zero attached hydrogens (tertiary/aromatic N) is 2. The van der Waals surface area contributed by atoms with Crippen molar-refractivity contribution in [2.45, 2.75) is 26.0 Å². The van der Waals surface area contributed by atoms with Crippen LogP contribution < -0.4 is 0 Å². The number of carbonyl (C=O) groups excluding carboxylic acids is 2. The first-order valence-corrected chi connectivity index (χ1v) is 9.19. The van der Waals surface area contributed by atoms with Gasteiger partial charge in [0.25, 0.3) is 5.91 Å². The van der Waals surface area contributed by atoms with E-state index in [1.54, 1.807) is 16.7 Å². The number of aryl methyl sites for hydroxylation is 1. The van der Waals surface area contributed by atoms with E-state index < -0.39 is 6.10 Å². The molecule has 2 rings (SSSR count). The molecule has 1 aromatic carbocycles. The van der Waals surface area contributed by atoms with Gasteiger partial charge in [0.2, 0.25) is 5.91 Å². The summed E-state index contributed by atoms with van der Waals surface area (Å²) in [7, 11) is 0. The van der Waals surface area contributed by atoms with Gasteiger partial charge in [0.1, 0.15) is 6.10 Å². The van der Waals surface area contributed by atoms with E-state index in [4.69, 9.17) is 0 Å².